The van der Waals surface area contributed by atoms with Crippen molar-refractivity contribution < 1.29 is 14.5 Å². The summed E-state index contributed by atoms with van der Waals surface area (Å²) in [5.41, 5.74) is 0. The van der Waals surface area contributed by atoms with Gasteiger partial charge in [-0.25, -0.2) is 4.79 Å². The van der Waals surface area contributed by atoms with Gasteiger partial charge in [0.15, 0.2) is 0 Å². The number of rotatable bonds is 3. The topological polar surface area (TPSA) is 97.6 Å². The summed E-state index contributed by atoms with van der Waals surface area (Å²) in [5, 5.41) is 13.4. The SMILES string of the molecule is COC(=O)N[C@H]1CCN(c2cccc([N+](=O)[O-])n2)C1. The van der Waals surface area contributed by atoms with Crippen molar-refractivity contribution in [2.45, 2.75) is 12.5 Å². The second-order valence-corrected chi connectivity index (χ2v) is 4.18. The molecule has 1 aliphatic heterocycles. The maximum absolute atomic E-state index is 11.1. The van der Waals surface area contributed by atoms with Gasteiger partial charge in [-0.15, -0.1) is 0 Å². The summed E-state index contributed by atoms with van der Waals surface area (Å²) in [6.07, 6.45) is 0.276. The van der Waals surface area contributed by atoms with Crippen LogP contribution in [0.5, 0.6) is 0 Å². The van der Waals surface area contributed by atoms with Crippen LogP contribution in [0.15, 0.2) is 18.2 Å². The lowest BCUT2D eigenvalue weighted by Crippen LogP contribution is -2.37. The van der Waals surface area contributed by atoms with Gasteiger partial charge < -0.3 is 25.1 Å². The van der Waals surface area contributed by atoms with Crippen molar-refractivity contribution in [3.63, 3.8) is 0 Å². The van der Waals surface area contributed by atoms with Crippen molar-refractivity contribution in [1.29, 1.82) is 0 Å². The zero-order chi connectivity index (χ0) is 13.8. The van der Waals surface area contributed by atoms with E-state index in [1.54, 1.807) is 12.1 Å². The van der Waals surface area contributed by atoms with E-state index < -0.39 is 11.0 Å². The fraction of sp³-hybridized carbons (Fsp3) is 0.455. The van der Waals surface area contributed by atoms with Crippen molar-refractivity contribution in [3.05, 3.63) is 28.3 Å². The van der Waals surface area contributed by atoms with Gasteiger partial charge in [0.1, 0.15) is 0 Å². The molecule has 0 unspecified atom stereocenters. The van der Waals surface area contributed by atoms with Crippen LogP contribution in [0.4, 0.5) is 16.4 Å². The Morgan fingerprint density at radius 2 is 2.42 bits per heavy atom. The smallest absolute Gasteiger partial charge is 0.407 e. The summed E-state index contributed by atoms with van der Waals surface area (Å²) in [6, 6.07) is 4.63. The number of nitro groups is 1. The highest BCUT2D eigenvalue weighted by Crippen LogP contribution is 2.20. The van der Waals surface area contributed by atoms with Gasteiger partial charge >= 0.3 is 11.9 Å². The van der Waals surface area contributed by atoms with Gasteiger partial charge in [0.2, 0.25) is 5.82 Å². The largest absolute Gasteiger partial charge is 0.453 e. The minimum atomic E-state index is -0.524. The van der Waals surface area contributed by atoms with Gasteiger partial charge in [-0.1, -0.05) is 0 Å². The van der Waals surface area contributed by atoms with E-state index in [1.807, 2.05) is 4.90 Å². The first-order valence-corrected chi connectivity index (χ1v) is 5.81. The Morgan fingerprint density at radius 3 is 3.11 bits per heavy atom. The first-order chi connectivity index (χ1) is 9.10. The van der Waals surface area contributed by atoms with Gasteiger partial charge in [0.25, 0.3) is 0 Å². The first-order valence-electron chi connectivity index (χ1n) is 5.81. The summed E-state index contributed by atoms with van der Waals surface area (Å²) in [4.78, 5) is 27.1. The van der Waals surface area contributed by atoms with Crippen LogP contribution in [0.3, 0.4) is 0 Å². The normalized spacial score (nSPS) is 18.2. The number of aromatic nitrogens is 1. The van der Waals surface area contributed by atoms with E-state index in [4.69, 9.17) is 0 Å². The number of nitrogens with one attached hydrogen (secondary N) is 1. The molecule has 0 aromatic carbocycles. The number of alkyl carbamates (subject to hydrolysis) is 1. The number of hydrogen-bond acceptors (Lipinski definition) is 6. The lowest BCUT2D eigenvalue weighted by molar-refractivity contribution is -0.389. The molecule has 0 spiro atoms. The lowest BCUT2D eigenvalue weighted by Gasteiger charge is -2.14. The molecule has 2 rings (SSSR count). The van der Waals surface area contributed by atoms with E-state index in [-0.39, 0.29) is 11.9 Å². The highest BCUT2D eigenvalue weighted by atomic mass is 16.6. The van der Waals surface area contributed by atoms with E-state index >= 15 is 0 Å². The van der Waals surface area contributed by atoms with Crippen LogP contribution in [0.1, 0.15) is 6.42 Å². The van der Waals surface area contributed by atoms with Crippen LogP contribution in [-0.2, 0) is 4.74 Å². The van der Waals surface area contributed by atoms with Gasteiger partial charge in [0.05, 0.1) is 13.2 Å². The molecule has 1 amide bonds. The molecule has 0 saturated carbocycles. The second kappa shape index (κ2) is 5.51. The zero-order valence-corrected chi connectivity index (χ0v) is 10.4. The fourth-order valence-corrected chi connectivity index (χ4v) is 2.00. The van der Waals surface area contributed by atoms with Gasteiger partial charge in [-0.3, -0.25) is 0 Å². The number of hydrogen-bond donors (Lipinski definition) is 1. The van der Waals surface area contributed by atoms with Crippen LogP contribution in [0.25, 0.3) is 0 Å². The number of carbonyl (C=O) groups excluding carboxylic acids is 1. The molecule has 1 fully saturated rings. The monoisotopic (exact) mass is 266 g/mol. The molecular formula is C11H14N4O4. The van der Waals surface area contributed by atoms with Crippen molar-refractivity contribution in [2.75, 3.05) is 25.1 Å². The molecule has 8 heteroatoms. The molecule has 0 aliphatic carbocycles. The van der Waals surface area contributed by atoms with Gasteiger partial charge in [0, 0.05) is 25.2 Å². The molecule has 1 saturated heterocycles. The number of amides is 1. The third kappa shape index (κ3) is 3.09. The van der Waals surface area contributed by atoms with Crippen molar-refractivity contribution >= 4 is 17.7 Å². The number of methoxy groups -OCH3 is 1. The second-order valence-electron chi connectivity index (χ2n) is 4.18. The van der Waals surface area contributed by atoms with E-state index in [9.17, 15) is 14.9 Å². The highest BCUT2D eigenvalue weighted by molar-refractivity contribution is 5.67. The van der Waals surface area contributed by atoms with Gasteiger partial charge in [-0.05, 0) is 22.4 Å². The Hall–Kier alpha value is -2.38. The summed E-state index contributed by atoms with van der Waals surface area (Å²) < 4.78 is 4.53. The molecule has 19 heavy (non-hydrogen) atoms. The van der Waals surface area contributed by atoms with Crippen molar-refractivity contribution in [3.8, 4) is 0 Å². The lowest BCUT2D eigenvalue weighted by atomic mass is 10.3. The fourth-order valence-electron chi connectivity index (χ4n) is 2.00. The predicted octanol–water partition coefficient (Wildman–Crippen LogP) is 0.924. The molecular weight excluding hydrogens is 252 g/mol. The number of nitrogens with zero attached hydrogens (tertiary/aromatic N) is 3. The van der Waals surface area contributed by atoms with Crippen molar-refractivity contribution in [1.82, 2.24) is 10.3 Å². The molecule has 1 aliphatic rings. The van der Waals surface area contributed by atoms with E-state index in [2.05, 4.69) is 15.0 Å². The minimum Gasteiger partial charge on any atom is -0.453 e. The Balaban J connectivity index is 2.02. The standard InChI is InChI=1S/C11H14N4O4/c1-19-11(16)12-8-5-6-14(7-8)9-3-2-4-10(13-9)15(17)18/h2-4,8H,5-7H2,1H3,(H,12,16)/t8-/m0/s1. The molecule has 0 bridgehead atoms. The van der Waals surface area contributed by atoms with E-state index in [0.29, 0.717) is 18.9 Å². The Morgan fingerprint density at radius 1 is 1.63 bits per heavy atom. The molecule has 102 valence electrons. The predicted molar refractivity (Wildman–Crippen MR) is 67.1 cm³/mol. The van der Waals surface area contributed by atoms with Crippen LogP contribution in [0, 0.1) is 10.1 Å². The van der Waals surface area contributed by atoms with Gasteiger partial charge in [-0.2, -0.15) is 0 Å². The Labute approximate surface area is 109 Å². The van der Waals surface area contributed by atoms with Crippen LogP contribution in [-0.4, -0.2) is 42.2 Å². The third-order valence-electron chi connectivity index (χ3n) is 2.93. The van der Waals surface area contributed by atoms with Crippen LogP contribution >= 0.6 is 0 Å². The molecule has 0 radical (unpaired) electrons. The summed E-state index contributed by atoms with van der Waals surface area (Å²) in [6.45, 7) is 1.24. The Kier molecular flexibility index (Phi) is 3.79. The highest BCUT2D eigenvalue weighted by Gasteiger charge is 2.27. The van der Waals surface area contributed by atoms with Crippen LogP contribution in [0.2, 0.25) is 0 Å². The minimum absolute atomic E-state index is 0.0338. The summed E-state index contributed by atoms with van der Waals surface area (Å²) in [5.74, 6) is 0.366. The van der Waals surface area contributed by atoms with Crippen molar-refractivity contribution in [2.24, 2.45) is 0 Å². The van der Waals surface area contributed by atoms with E-state index in [1.165, 1.54) is 13.2 Å². The average molecular weight is 266 g/mol. The molecule has 1 aromatic heterocycles. The summed E-state index contributed by atoms with van der Waals surface area (Å²) in [7, 11) is 1.31. The Bertz CT molecular complexity index is 493. The number of carbonyl (C=O) groups is 1. The van der Waals surface area contributed by atoms with Crippen LogP contribution < -0.4 is 10.2 Å². The molecule has 1 atom stereocenters. The molecule has 2 heterocycles. The third-order valence-corrected chi connectivity index (χ3v) is 2.93. The zero-order valence-electron chi connectivity index (χ0n) is 10.4. The number of pyridine rings is 1. The molecule has 8 nitrogen and oxygen atoms in total. The average Bonchev–Trinajstić information content (AvgIpc) is 2.87. The molecule has 1 aromatic rings. The number of ether oxygens (including phenoxy) is 1. The first kappa shape index (κ1) is 13.1. The molecule has 1 N–H and O–H groups in total. The van der Waals surface area contributed by atoms with E-state index in [0.717, 1.165) is 6.42 Å². The number of anilines is 1. The summed E-state index contributed by atoms with van der Waals surface area (Å²) >= 11 is 0. The quantitative estimate of drug-likeness (QED) is 0.645. The maximum atomic E-state index is 11.1. The maximum Gasteiger partial charge on any atom is 0.407 e.